The molecule has 0 aliphatic heterocycles. The summed E-state index contributed by atoms with van der Waals surface area (Å²) in [7, 11) is 1.62. The molecule has 1 aromatic rings. The molecule has 1 amide bonds. The summed E-state index contributed by atoms with van der Waals surface area (Å²) in [6.45, 7) is 0.265. The lowest BCUT2D eigenvalue weighted by Crippen LogP contribution is -2.18. The second kappa shape index (κ2) is 6.85. The lowest BCUT2D eigenvalue weighted by atomic mass is 10.1. The highest BCUT2D eigenvalue weighted by molar-refractivity contribution is 5.75. The van der Waals surface area contributed by atoms with Gasteiger partial charge in [-0.25, -0.2) is 0 Å². The molecular weight excluding hydrogens is 206 g/mol. The van der Waals surface area contributed by atoms with E-state index < -0.39 is 0 Å². The van der Waals surface area contributed by atoms with Crippen LogP contribution in [0.2, 0.25) is 0 Å². The number of hydrogen-bond acceptors (Lipinski definition) is 3. The number of amides is 1. The zero-order chi connectivity index (χ0) is 11.8. The fraction of sp³-hybridized carbons (Fsp3) is 0.417. The van der Waals surface area contributed by atoms with Crippen LogP contribution in [-0.2, 0) is 11.2 Å². The second-order valence-electron chi connectivity index (χ2n) is 3.35. The number of carbonyl (C=O) groups excluding carboxylic acids is 1. The summed E-state index contributed by atoms with van der Waals surface area (Å²) in [5.41, 5.74) is 0.986. The van der Waals surface area contributed by atoms with Crippen LogP contribution < -0.4 is 10.1 Å². The molecule has 1 rings (SSSR count). The Labute approximate surface area is 95.2 Å². The number of carbonyl (C=O) groups is 1. The highest BCUT2D eigenvalue weighted by Gasteiger charge is 2.05. The van der Waals surface area contributed by atoms with E-state index in [0.29, 0.717) is 12.8 Å². The number of aryl methyl sites for hydroxylation is 1. The van der Waals surface area contributed by atoms with Crippen LogP contribution in [0.4, 0.5) is 0 Å². The van der Waals surface area contributed by atoms with Gasteiger partial charge in [-0.3, -0.25) is 4.79 Å². The van der Waals surface area contributed by atoms with Gasteiger partial charge >= 0.3 is 0 Å². The Hall–Kier alpha value is -1.55. The number of ether oxygens (including phenoxy) is 1. The Balaban J connectivity index is 2.59. The van der Waals surface area contributed by atoms with Gasteiger partial charge in [0.25, 0.3) is 0 Å². The maximum absolute atomic E-state index is 11.1. The molecule has 1 aromatic carbocycles. The van der Waals surface area contributed by atoms with Crippen LogP contribution in [0.15, 0.2) is 24.3 Å². The van der Waals surface area contributed by atoms with E-state index in [-0.39, 0.29) is 19.1 Å². The van der Waals surface area contributed by atoms with E-state index >= 15 is 0 Å². The fourth-order valence-corrected chi connectivity index (χ4v) is 1.38. The minimum atomic E-state index is -0.0101. The first-order chi connectivity index (χ1) is 7.77. The maximum Gasteiger partial charge on any atom is 0.220 e. The van der Waals surface area contributed by atoms with Crippen molar-refractivity contribution in [2.75, 3.05) is 20.3 Å². The van der Waals surface area contributed by atoms with Crippen molar-refractivity contribution in [2.24, 2.45) is 0 Å². The minimum Gasteiger partial charge on any atom is -0.491 e. The van der Waals surface area contributed by atoms with Crippen molar-refractivity contribution in [3.63, 3.8) is 0 Å². The number of aliphatic hydroxyl groups is 1. The van der Waals surface area contributed by atoms with Crippen LogP contribution in [0.3, 0.4) is 0 Å². The van der Waals surface area contributed by atoms with Crippen LogP contribution >= 0.6 is 0 Å². The van der Waals surface area contributed by atoms with Crippen molar-refractivity contribution in [2.45, 2.75) is 12.8 Å². The summed E-state index contributed by atoms with van der Waals surface area (Å²) in [4.78, 5) is 11.1. The van der Waals surface area contributed by atoms with Crippen LogP contribution in [0.5, 0.6) is 5.75 Å². The monoisotopic (exact) mass is 223 g/mol. The van der Waals surface area contributed by atoms with Crippen LogP contribution in [0.1, 0.15) is 12.0 Å². The van der Waals surface area contributed by atoms with Gasteiger partial charge < -0.3 is 15.2 Å². The standard InChI is InChI=1S/C12H17NO3/c1-13-12(15)7-6-10-4-2-3-5-11(10)16-9-8-14/h2-5,14H,6-9H2,1H3,(H,13,15). The number of para-hydroxylation sites is 1. The molecule has 88 valence electrons. The SMILES string of the molecule is CNC(=O)CCc1ccccc1OCCO. The quantitative estimate of drug-likeness (QED) is 0.747. The van der Waals surface area contributed by atoms with Gasteiger partial charge in [-0.2, -0.15) is 0 Å². The number of hydrogen-bond donors (Lipinski definition) is 2. The normalized spacial score (nSPS) is 9.88. The lowest BCUT2D eigenvalue weighted by molar-refractivity contribution is -0.120. The van der Waals surface area contributed by atoms with E-state index in [0.717, 1.165) is 11.3 Å². The molecule has 0 heterocycles. The first kappa shape index (κ1) is 12.5. The van der Waals surface area contributed by atoms with Gasteiger partial charge in [0.05, 0.1) is 6.61 Å². The van der Waals surface area contributed by atoms with E-state index in [1.807, 2.05) is 24.3 Å². The molecule has 0 aliphatic carbocycles. The molecule has 2 N–H and O–H groups in total. The van der Waals surface area contributed by atoms with Gasteiger partial charge in [0, 0.05) is 13.5 Å². The molecule has 4 heteroatoms. The summed E-state index contributed by atoms with van der Waals surface area (Å²) < 4.78 is 5.37. The number of benzene rings is 1. The predicted molar refractivity (Wildman–Crippen MR) is 61.4 cm³/mol. The Morgan fingerprint density at radius 2 is 2.19 bits per heavy atom. The van der Waals surface area contributed by atoms with Gasteiger partial charge in [-0.05, 0) is 18.1 Å². The highest BCUT2D eigenvalue weighted by atomic mass is 16.5. The molecule has 0 saturated carbocycles. The molecule has 0 spiro atoms. The van der Waals surface area contributed by atoms with Crippen molar-refractivity contribution in [3.8, 4) is 5.75 Å². The van der Waals surface area contributed by atoms with Crippen molar-refractivity contribution < 1.29 is 14.6 Å². The molecule has 0 radical (unpaired) electrons. The molecule has 4 nitrogen and oxygen atoms in total. The smallest absolute Gasteiger partial charge is 0.220 e. The Kier molecular flexibility index (Phi) is 5.36. The first-order valence-corrected chi connectivity index (χ1v) is 5.30. The Morgan fingerprint density at radius 3 is 2.88 bits per heavy atom. The summed E-state index contributed by atoms with van der Waals surface area (Å²) in [5.74, 6) is 0.748. The zero-order valence-electron chi connectivity index (χ0n) is 9.40. The molecule has 16 heavy (non-hydrogen) atoms. The summed E-state index contributed by atoms with van der Waals surface area (Å²) in [6.07, 6.45) is 1.08. The average Bonchev–Trinajstić information content (AvgIpc) is 2.34. The largest absolute Gasteiger partial charge is 0.491 e. The fourth-order valence-electron chi connectivity index (χ4n) is 1.38. The first-order valence-electron chi connectivity index (χ1n) is 5.30. The second-order valence-corrected chi connectivity index (χ2v) is 3.35. The molecule has 0 aromatic heterocycles. The highest BCUT2D eigenvalue weighted by Crippen LogP contribution is 2.19. The third-order valence-corrected chi connectivity index (χ3v) is 2.22. The molecule has 0 aliphatic rings. The van der Waals surface area contributed by atoms with Crippen molar-refractivity contribution in [3.05, 3.63) is 29.8 Å². The van der Waals surface area contributed by atoms with E-state index in [2.05, 4.69) is 5.32 Å². The van der Waals surface area contributed by atoms with E-state index in [9.17, 15) is 4.79 Å². The Morgan fingerprint density at radius 1 is 1.44 bits per heavy atom. The van der Waals surface area contributed by atoms with Gasteiger partial charge in [-0.15, -0.1) is 0 Å². The van der Waals surface area contributed by atoms with Crippen molar-refractivity contribution in [1.29, 1.82) is 0 Å². The molecule has 0 fully saturated rings. The molecule has 0 bridgehead atoms. The van der Waals surface area contributed by atoms with E-state index in [1.54, 1.807) is 7.05 Å². The molecule has 0 unspecified atom stereocenters. The summed E-state index contributed by atoms with van der Waals surface area (Å²) in [6, 6.07) is 7.55. The van der Waals surface area contributed by atoms with E-state index in [4.69, 9.17) is 9.84 Å². The minimum absolute atomic E-state index is 0.0101. The molecular formula is C12H17NO3. The zero-order valence-corrected chi connectivity index (χ0v) is 9.40. The number of aliphatic hydroxyl groups excluding tert-OH is 1. The van der Waals surface area contributed by atoms with Gasteiger partial charge in [0.15, 0.2) is 0 Å². The Bertz CT molecular complexity index is 339. The van der Waals surface area contributed by atoms with Crippen LogP contribution in [-0.4, -0.2) is 31.3 Å². The van der Waals surface area contributed by atoms with E-state index in [1.165, 1.54) is 0 Å². The molecule has 0 saturated heterocycles. The number of rotatable bonds is 6. The van der Waals surface area contributed by atoms with Gasteiger partial charge in [0.2, 0.25) is 5.91 Å². The summed E-state index contributed by atoms with van der Waals surface area (Å²) in [5, 5.41) is 11.3. The lowest BCUT2D eigenvalue weighted by Gasteiger charge is -2.09. The van der Waals surface area contributed by atoms with Crippen molar-refractivity contribution >= 4 is 5.91 Å². The topological polar surface area (TPSA) is 58.6 Å². The third kappa shape index (κ3) is 3.90. The van der Waals surface area contributed by atoms with Gasteiger partial charge in [-0.1, -0.05) is 18.2 Å². The van der Waals surface area contributed by atoms with Crippen LogP contribution in [0, 0.1) is 0 Å². The average molecular weight is 223 g/mol. The summed E-state index contributed by atoms with van der Waals surface area (Å²) >= 11 is 0. The third-order valence-electron chi connectivity index (χ3n) is 2.22. The number of nitrogens with one attached hydrogen (secondary N) is 1. The molecule has 0 atom stereocenters. The van der Waals surface area contributed by atoms with Gasteiger partial charge in [0.1, 0.15) is 12.4 Å². The maximum atomic E-state index is 11.1. The van der Waals surface area contributed by atoms with Crippen LogP contribution in [0.25, 0.3) is 0 Å². The van der Waals surface area contributed by atoms with Crippen molar-refractivity contribution in [1.82, 2.24) is 5.32 Å². The predicted octanol–water partition coefficient (Wildman–Crippen LogP) is 0.736.